The van der Waals surface area contributed by atoms with Crippen LogP contribution in [0.25, 0.3) is 10.8 Å². The number of ketones is 1. The number of phenolic OH excluding ortho intramolecular Hbond substituents is 3. The van der Waals surface area contributed by atoms with Crippen molar-refractivity contribution in [2.24, 2.45) is 0 Å². The number of hydrogen-bond donors (Lipinski definition) is 3. The molecule has 0 aromatic heterocycles. The average molecular weight is 378 g/mol. The molecule has 3 N–H and O–H groups in total. The van der Waals surface area contributed by atoms with Crippen molar-refractivity contribution in [1.82, 2.24) is 0 Å². The van der Waals surface area contributed by atoms with Crippen LogP contribution in [0.3, 0.4) is 0 Å². The first-order valence-corrected chi connectivity index (χ1v) is 8.80. The molecule has 0 fully saturated rings. The number of rotatable bonds is 2. The number of Topliss-reactive ketones (excluding diaryl/α,β-unsaturated/α-hetero) is 1. The summed E-state index contributed by atoms with van der Waals surface area (Å²) in [5.41, 5.74) is 2.04. The van der Waals surface area contributed by atoms with Gasteiger partial charge in [-0.1, -0.05) is 12.1 Å². The Labute approximate surface area is 160 Å². The van der Waals surface area contributed by atoms with E-state index in [4.69, 9.17) is 4.74 Å². The number of phenols is 3. The SMILES string of the molecule is CC(=O)c1c(O)cc2c3c(cc(O)c2c1C)OC(=O)C[C@@H]3c1ccc(O)cc1. The summed E-state index contributed by atoms with van der Waals surface area (Å²) in [6, 6.07) is 9.32. The zero-order valence-electron chi connectivity index (χ0n) is 15.3. The van der Waals surface area contributed by atoms with Crippen LogP contribution in [0.5, 0.6) is 23.0 Å². The Hall–Kier alpha value is -3.54. The van der Waals surface area contributed by atoms with E-state index < -0.39 is 5.97 Å². The van der Waals surface area contributed by atoms with Crippen molar-refractivity contribution in [3.05, 3.63) is 58.7 Å². The summed E-state index contributed by atoms with van der Waals surface area (Å²) in [7, 11) is 0. The molecule has 3 aromatic rings. The minimum atomic E-state index is -0.439. The number of esters is 1. The van der Waals surface area contributed by atoms with E-state index in [9.17, 15) is 24.9 Å². The zero-order valence-corrected chi connectivity index (χ0v) is 15.3. The maximum atomic E-state index is 12.2. The highest BCUT2D eigenvalue weighted by atomic mass is 16.5. The average Bonchev–Trinajstić information content (AvgIpc) is 2.60. The Balaban J connectivity index is 2.08. The molecule has 4 rings (SSSR count). The summed E-state index contributed by atoms with van der Waals surface area (Å²) in [6.45, 7) is 3.01. The van der Waals surface area contributed by atoms with E-state index in [1.807, 2.05) is 0 Å². The predicted octanol–water partition coefficient (Wildman–Crippen LogP) is 3.91. The van der Waals surface area contributed by atoms with Gasteiger partial charge in [0, 0.05) is 22.9 Å². The topological polar surface area (TPSA) is 104 Å². The molecule has 0 aliphatic carbocycles. The van der Waals surface area contributed by atoms with Gasteiger partial charge in [0.25, 0.3) is 0 Å². The molecule has 0 amide bonds. The van der Waals surface area contributed by atoms with Crippen molar-refractivity contribution in [2.45, 2.75) is 26.2 Å². The predicted molar refractivity (Wildman–Crippen MR) is 102 cm³/mol. The maximum Gasteiger partial charge on any atom is 0.312 e. The fraction of sp³-hybridized carbons (Fsp3) is 0.182. The molecule has 1 aliphatic heterocycles. The quantitative estimate of drug-likeness (QED) is 0.355. The van der Waals surface area contributed by atoms with Crippen LogP contribution in [0.2, 0.25) is 0 Å². The standard InChI is InChI=1S/C22H18O6/c1-10-20(11(2)23)16(25)7-15-21(10)17(26)9-18-22(15)14(8-19(27)28-18)12-3-5-13(24)6-4-12/h3-7,9,14,24-26H,8H2,1-2H3/t14-/m1/s1. The minimum Gasteiger partial charge on any atom is -0.508 e. The molecule has 0 radical (unpaired) electrons. The second kappa shape index (κ2) is 6.27. The first kappa shape index (κ1) is 17.9. The Morgan fingerprint density at radius 3 is 2.39 bits per heavy atom. The molecule has 3 aromatic carbocycles. The third-order valence-corrected chi connectivity index (χ3v) is 5.23. The summed E-state index contributed by atoms with van der Waals surface area (Å²) in [5.74, 6) is -1.13. The number of benzene rings is 3. The van der Waals surface area contributed by atoms with Gasteiger partial charge in [0.1, 0.15) is 23.0 Å². The van der Waals surface area contributed by atoms with Crippen LogP contribution >= 0.6 is 0 Å². The Bertz CT molecular complexity index is 1140. The van der Waals surface area contributed by atoms with Crippen molar-refractivity contribution in [3.63, 3.8) is 0 Å². The van der Waals surface area contributed by atoms with Gasteiger partial charge in [0.05, 0.1) is 12.0 Å². The van der Waals surface area contributed by atoms with E-state index in [1.165, 1.54) is 31.2 Å². The van der Waals surface area contributed by atoms with Crippen LogP contribution in [0.15, 0.2) is 36.4 Å². The molecule has 1 atom stereocenters. The number of aryl methyl sites for hydroxylation is 1. The van der Waals surface area contributed by atoms with Crippen LogP contribution in [-0.4, -0.2) is 27.1 Å². The van der Waals surface area contributed by atoms with Crippen LogP contribution in [0.1, 0.15) is 46.3 Å². The molecular formula is C22H18O6. The van der Waals surface area contributed by atoms with Gasteiger partial charge in [-0.25, -0.2) is 0 Å². The second-order valence-electron chi connectivity index (χ2n) is 7.00. The fourth-order valence-corrected chi connectivity index (χ4v) is 4.06. The molecule has 0 saturated heterocycles. The summed E-state index contributed by atoms with van der Waals surface area (Å²) in [6.07, 6.45) is 0.0753. The molecule has 0 spiro atoms. The summed E-state index contributed by atoms with van der Waals surface area (Å²) >= 11 is 0. The van der Waals surface area contributed by atoms with E-state index in [0.29, 0.717) is 21.9 Å². The number of carbonyl (C=O) groups is 2. The molecule has 142 valence electrons. The van der Waals surface area contributed by atoms with Crippen molar-refractivity contribution in [1.29, 1.82) is 0 Å². The fourth-order valence-electron chi connectivity index (χ4n) is 4.06. The molecular weight excluding hydrogens is 360 g/mol. The summed E-state index contributed by atoms with van der Waals surface area (Å²) in [5, 5.41) is 31.5. The van der Waals surface area contributed by atoms with E-state index in [1.54, 1.807) is 19.1 Å². The number of aromatic hydroxyl groups is 3. The highest BCUT2D eigenvalue weighted by molar-refractivity contribution is 6.07. The lowest BCUT2D eigenvalue weighted by atomic mass is 9.82. The number of hydrogen-bond acceptors (Lipinski definition) is 6. The molecule has 6 heteroatoms. The number of fused-ring (bicyclic) bond motifs is 3. The smallest absolute Gasteiger partial charge is 0.312 e. The summed E-state index contributed by atoms with van der Waals surface area (Å²) in [4.78, 5) is 24.1. The lowest BCUT2D eigenvalue weighted by molar-refractivity contribution is -0.135. The van der Waals surface area contributed by atoms with Crippen molar-refractivity contribution in [3.8, 4) is 23.0 Å². The highest BCUT2D eigenvalue weighted by Gasteiger charge is 2.32. The van der Waals surface area contributed by atoms with Crippen LogP contribution in [0.4, 0.5) is 0 Å². The molecule has 0 bridgehead atoms. The summed E-state index contributed by atoms with van der Waals surface area (Å²) < 4.78 is 5.36. The first-order valence-electron chi connectivity index (χ1n) is 8.80. The number of carbonyl (C=O) groups excluding carboxylic acids is 2. The second-order valence-corrected chi connectivity index (χ2v) is 7.00. The van der Waals surface area contributed by atoms with E-state index in [2.05, 4.69) is 0 Å². The maximum absolute atomic E-state index is 12.2. The van der Waals surface area contributed by atoms with Crippen LogP contribution < -0.4 is 4.74 Å². The third kappa shape index (κ3) is 2.65. The van der Waals surface area contributed by atoms with Crippen LogP contribution in [-0.2, 0) is 4.79 Å². The lowest BCUT2D eigenvalue weighted by Crippen LogP contribution is -2.21. The third-order valence-electron chi connectivity index (χ3n) is 5.23. The normalized spacial score (nSPS) is 15.9. The molecule has 0 saturated carbocycles. The molecule has 1 heterocycles. The van der Waals surface area contributed by atoms with Gasteiger partial charge >= 0.3 is 5.97 Å². The zero-order chi connectivity index (χ0) is 20.2. The monoisotopic (exact) mass is 378 g/mol. The molecule has 0 unspecified atom stereocenters. The van der Waals surface area contributed by atoms with Gasteiger partial charge in [-0.2, -0.15) is 0 Å². The van der Waals surface area contributed by atoms with Crippen molar-refractivity contribution in [2.75, 3.05) is 0 Å². The van der Waals surface area contributed by atoms with Crippen molar-refractivity contribution >= 4 is 22.5 Å². The van der Waals surface area contributed by atoms with Gasteiger partial charge in [0.15, 0.2) is 5.78 Å². The first-order chi connectivity index (χ1) is 13.3. The minimum absolute atomic E-state index is 0.0753. The number of ether oxygens (including phenoxy) is 1. The van der Waals surface area contributed by atoms with Crippen molar-refractivity contribution < 1.29 is 29.6 Å². The Morgan fingerprint density at radius 1 is 1.07 bits per heavy atom. The molecule has 28 heavy (non-hydrogen) atoms. The lowest BCUT2D eigenvalue weighted by Gasteiger charge is -2.27. The molecule has 6 nitrogen and oxygen atoms in total. The van der Waals surface area contributed by atoms with Gasteiger partial charge in [0.2, 0.25) is 0 Å². The Kier molecular flexibility index (Phi) is 4.00. The van der Waals surface area contributed by atoms with Crippen LogP contribution in [0, 0.1) is 6.92 Å². The highest BCUT2D eigenvalue weighted by Crippen LogP contribution is 2.48. The van der Waals surface area contributed by atoms with Gasteiger partial charge < -0.3 is 20.1 Å². The van der Waals surface area contributed by atoms with Gasteiger partial charge in [-0.05, 0) is 48.6 Å². The van der Waals surface area contributed by atoms with E-state index >= 15 is 0 Å². The van der Waals surface area contributed by atoms with Gasteiger partial charge in [-0.3, -0.25) is 9.59 Å². The molecule has 1 aliphatic rings. The van der Waals surface area contributed by atoms with E-state index in [0.717, 1.165) is 5.56 Å². The largest absolute Gasteiger partial charge is 0.508 e. The Morgan fingerprint density at radius 2 is 1.75 bits per heavy atom. The van der Waals surface area contributed by atoms with Gasteiger partial charge in [-0.15, -0.1) is 0 Å². The van der Waals surface area contributed by atoms with E-state index in [-0.39, 0.29) is 46.7 Å².